The van der Waals surface area contributed by atoms with Crippen LogP contribution in [-0.2, 0) is 6.42 Å². The lowest BCUT2D eigenvalue weighted by molar-refractivity contribution is 0.657. The first-order chi connectivity index (χ1) is 8.33. The highest BCUT2D eigenvalue weighted by Crippen LogP contribution is 2.32. The lowest BCUT2D eigenvalue weighted by atomic mass is 9.92. The molecule has 2 aliphatic carbocycles. The molecule has 0 fully saturated rings. The van der Waals surface area contributed by atoms with Gasteiger partial charge in [0.2, 0.25) is 0 Å². The van der Waals surface area contributed by atoms with Crippen molar-refractivity contribution < 1.29 is 0 Å². The molecule has 0 heterocycles. The molecule has 0 saturated carbocycles. The second-order valence-corrected chi connectivity index (χ2v) is 5.16. The van der Waals surface area contributed by atoms with Gasteiger partial charge in [0.1, 0.15) is 0 Å². The summed E-state index contributed by atoms with van der Waals surface area (Å²) in [5.74, 6) is 0.686. The first kappa shape index (κ1) is 10.6. The number of fused-ring (bicyclic) bond motifs is 1. The van der Waals surface area contributed by atoms with E-state index in [0.29, 0.717) is 5.92 Å². The molecule has 3 rings (SSSR count). The van der Waals surface area contributed by atoms with Gasteiger partial charge >= 0.3 is 0 Å². The van der Waals surface area contributed by atoms with E-state index < -0.39 is 0 Å². The SMILES string of the molecule is CC(CC1=Cc2ccccc2C1)C1=CC=CC1. The smallest absolute Gasteiger partial charge is 0.00576 e. The normalized spacial score (nSPS) is 18.9. The number of rotatable bonds is 3. The number of hydrogen-bond donors (Lipinski definition) is 0. The Bertz CT molecular complexity index is 515. The van der Waals surface area contributed by atoms with E-state index in [1.165, 1.54) is 17.5 Å². The Kier molecular flexibility index (Phi) is 2.72. The molecule has 0 saturated heterocycles. The molecule has 0 spiro atoms. The molecule has 0 N–H and O–H groups in total. The molecule has 1 atom stereocenters. The van der Waals surface area contributed by atoms with E-state index in [-0.39, 0.29) is 0 Å². The molecule has 1 unspecified atom stereocenters. The van der Waals surface area contributed by atoms with Crippen LogP contribution >= 0.6 is 0 Å². The zero-order valence-electron chi connectivity index (χ0n) is 10.3. The second-order valence-electron chi connectivity index (χ2n) is 5.16. The van der Waals surface area contributed by atoms with Gasteiger partial charge in [-0.15, -0.1) is 0 Å². The maximum Gasteiger partial charge on any atom is -0.00576 e. The van der Waals surface area contributed by atoms with Crippen LogP contribution in [0.25, 0.3) is 6.08 Å². The molecule has 2 aliphatic rings. The van der Waals surface area contributed by atoms with E-state index in [4.69, 9.17) is 0 Å². The van der Waals surface area contributed by atoms with Crippen molar-refractivity contribution in [2.24, 2.45) is 5.92 Å². The van der Waals surface area contributed by atoms with Crippen LogP contribution in [-0.4, -0.2) is 0 Å². The van der Waals surface area contributed by atoms with Crippen molar-refractivity contribution in [3.63, 3.8) is 0 Å². The molecule has 17 heavy (non-hydrogen) atoms. The van der Waals surface area contributed by atoms with Crippen LogP contribution in [0.4, 0.5) is 0 Å². The molecular weight excluding hydrogens is 204 g/mol. The molecule has 0 heteroatoms. The van der Waals surface area contributed by atoms with Crippen LogP contribution in [0.5, 0.6) is 0 Å². The van der Waals surface area contributed by atoms with Crippen LogP contribution in [0.2, 0.25) is 0 Å². The topological polar surface area (TPSA) is 0 Å². The third kappa shape index (κ3) is 2.12. The monoisotopic (exact) mass is 222 g/mol. The minimum atomic E-state index is 0.686. The van der Waals surface area contributed by atoms with Gasteiger partial charge in [-0.1, -0.05) is 66.6 Å². The Balaban J connectivity index is 1.69. The standard InChI is InChI=1S/C17H18/c1-13(15-6-2-3-7-15)10-14-11-16-8-4-5-9-17(16)12-14/h2-6,8-9,11,13H,7,10,12H2,1H3. The lowest BCUT2D eigenvalue weighted by Crippen LogP contribution is -1.99. The Morgan fingerprint density at radius 1 is 1.24 bits per heavy atom. The zero-order valence-corrected chi connectivity index (χ0v) is 10.3. The number of benzene rings is 1. The highest BCUT2D eigenvalue weighted by molar-refractivity contribution is 5.63. The van der Waals surface area contributed by atoms with Crippen LogP contribution in [0.3, 0.4) is 0 Å². The van der Waals surface area contributed by atoms with Crippen molar-refractivity contribution in [1.82, 2.24) is 0 Å². The van der Waals surface area contributed by atoms with Gasteiger partial charge in [0, 0.05) is 0 Å². The fraction of sp³-hybridized carbons (Fsp3) is 0.294. The summed E-state index contributed by atoms with van der Waals surface area (Å²) in [4.78, 5) is 0. The molecule has 0 nitrogen and oxygen atoms in total. The molecule has 0 amide bonds. The van der Waals surface area contributed by atoms with Gasteiger partial charge in [-0.3, -0.25) is 0 Å². The van der Waals surface area contributed by atoms with Gasteiger partial charge in [0.15, 0.2) is 0 Å². The average molecular weight is 222 g/mol. The Hall–Kier alpha value is -1.56. The molecule has 1 aromatic carbocycles. The van der Waals surface area contributed by atoms with Gasteiger partial charge in [0.05, 0.1) is 0 Å². The van der Waals surface area contributed by atoms with Gasteiger partial charge < -0.3 is 0 Å². The summed E-state index contributed by atoms with van der Waals surface area (Å²) in [7, 11) is 0. The predicted molar refractivity (Wildman–Crippen MR) is 73.7 cm³/mol. The maximum absolute atomic E-state index is 2.38. The fourth-order valence-corrected chi connectivity index (χ4v) is 2.84. The van der Waals surface area contributed by atoms with E-state index in [1.54, 1.807) is 11.1 Å². The zero-order chi connectivity index (χ0) is 11.7. The van der Waals surface area contributed by atoms with Crippen molar-refractivity contribution in [2.45, 2.75) is 26.2 Å². The molecule has 1 aromatic rings. The summed E-state index contributed by atoms with van der Waals surface area (Å²) < 4.78 is 0. The van der Waals surface area contributed by atoms with Gasteiger partial charge in [-0.2, -0.15) is 0 Å². The third-order valence-corrected chi connectivity index (χ3v) is 3.83. The van der Waals surface area contributed by atoms with E-state index in [2.05, 4.69) is 55.5 Å². The highest BCUT2D eigenvalue weighted by Gasteiger charge is 2.16. The van der Waals surface area contributed by atoms with Gasteiger partial charge in [-0.05, 0) is 36.3 Å². The minimum Gasteiger partial charge on any atom is -0.0805 e. The van der Waals surface area contributed by atoms with Crippen LogP contribution in [0.15, 0.2) is 53.6 Å². The first-order valence-corrected chi connectivity index (χ1v) is 6.46. The summed E-state index contributed by atoms with van der Waals surface area (Å²) in [5.41, 5.74) is 6.09. The van der Waals surface area contributed by atoms with E-state index >= 15 is 0 Å². The second kappa shape index (κ2) is 4.37. The molecule has 0 aromatic heterocycles. The van der Waals surface area contributed by atoms with E-state index in [1.807, 2.05) is 0 Å². The summed E-state index contributed by atoms with van der Waals surface area (Å²) in [6.45, 7) is 2.35. The minimum absolute atomic E-state index is 0.686. The number of allylic oxidation sites excluding steroid dienone is 5. The third-order valence-electron chi connectivity index (χ3n) is 3.83. The Morgan fingerprint density at radius 3 is 2.88 bits per heavy atom. The first-order valence-electron chi connectivity index (χ1n) is 6.46. The van der Waals surface area contributed by atoms with Crippen molar-refractivity contribution >= 4 is 6.08 Å². The lowest BCUT2D eigenvalue weighted by Gasteiger charge is -2.13. The van der Waals surface area contributed by atoms with Gasteiger partial charge in [-0.25, -0.2) is 0 Å². The number of hydrogen-bond acceptors (Lipinski definition) is 0. The maximum atomic E-state index is 2.38. The Labute approximate surface area is 103 Å². The highest BCUT2D eigenvalue weighted by atomic mass is 14.2. The summed E-state index contributed by atoms with van der Waals surface area (Å²) in [6.07, 6.45) is 12.6. The van der Waals surface area contributed by atoms with Crippen LogP contribution < -0.4 is 0 Å². The summed E-state index contributed by atoms with van der Waals surface area (Å²) >= 11 is 0. The van der Waals surface area contributed by atoms with E-state index in [0.717, 1.165) is 12.8 Å². The van der Waals surface area contributed by atoms with Crippen molar-refractivity contribution in [2.75, 3.05) is 0 Å². The average Bonchev–Trinajstić information content (AvgIpc) is 2.97. The molecular formula is C17H18. The van der Waals surface area contributed by atoms with Crippen molar-refractivity contribution in [3.8, 4) is 0 Å². The molecule has 86 valence electrons. The Morgan fingerprint density at radius 2 is 2.12 bits per heavy atom. The molecule has 0 bridgehead atoms. The fourth-order valence-electron chi connectivity index (χ4n) is 2.84. The molecule has 0 aliphatic heterocycles. The molecule has 0 radical (unpaired) electrons. The van der Waals surface area contributed by atoms with Crippen molar-refractivity contribution in [3.05, 3.63) is 64.8 Å². The van der Waals surface area contributed by atoms with Gasteiger partial charge in [0.25, 0.3) is 0 Å². The van der Waals surface area contributed by atoms with Crippen LogP contribution in [0, 0.1) is 5.92 Å². The largest absolute Gasteiger partial charge is 0.0805 e. The van der Waals surface area contributed by atoms with Crippen molar-refractivity contribution in [1.29, 1.82) is 0 Å². The quantitative estimate of drug-likeness (QED) is 0.704. The van der Waals surface area contributed by atoms with E-state index in [9.17, 15) is 0 Å². The van der Waals surface area contributed by atoms with Crippen LogP contribution in [0.1, 0.15) is 30.9 Å². The summed E-state index contributed by atoms with van der Waals surface area (Å²) in [5, 5.41) is 0. The summed E-state index contributed by atoms with van der Waals surface area (Å²) in [6, 6.07) is 8.75. The predicted octanol–water partition coefficient (Wildman–Crippen LogP) is 4.54.